The fourth-order valence-corrected chi connectivity index (χ4v) is 1.98. The maximum absolute atomic E-state index is 9.98. The van der Waals surface area contributed by atoms with Gasteiger partial charge in [0.15, 0.2) is 0 Å². The summed E-state index contributed by atoms with van der Waals surface area (Å²) in [6.07, 6.45) is 2.18. The first-order valence-electron chi connectivity index (χ1n) is 4.54. The van der Waals surface area contributed by atoms with Gasteiger partial charge in [-0.15, -0.1) is 0 Å². The van der Waals surface area contributed by atoms with Crippen LogP contribution in [0.25, 0.3) is 0 Å². The van der Waals surface area contributed by atoms with Gasteiger partial charge in [-0.1, -0.05) is 34.1 Å². The molecule has 1 aliphatic rings. The molecule has 3 heteroatoms. The summed E-state index contributed by atoms with van der Waals surface area (Å²) < 4.78 is 6.22. The van der Waals surface area contributed by atoms with Gasteiger partial charge in [-0.05, 0) is 12.1 Å². The van der Waals surface area contributed by atoms with Crippen molar-refractivity contribution in [3.05, 3.63) is 46.1 Å². The van der Waals surface area contributed by atoms with Crippen molar-refractivity contribution < 1.29 is 9.84 Å². The summed E-state index contributed by atoms with van der Waals surface area (Å²) in [6, 6.07) is 7.62. The van der Waals surface area contributed by atoms with Crippen molar-refractivity contribution in [2.75, 3.05) is 6.61 Å². The molecule has 0 amide bonds. The van der Waals surface area contributed by atoms with Crippen molar-refractivity contribution >= 4 is 15.9 Å². The number of ether oxygens (including phenoxy) is 1. The Labute approximate surface area is 91.3 Å². The van der Waals surface area contributed by atoms with Crippen molar-refractivity contribution in [2.24, 2.45) is 0 Å². The van der Waals surface area contributed by atoms with Crippen LogP contribution in [0.5, 0.6) is 0 Å². The lowest BCUT2D eigenvalue weighted by atomic mass is 10.1. The highest BCUT2D eigenvalue weighted by Crippen LogP contribution is 2.30. The molecule has 2 rings (SSSR count). The molecular formula is C11H11BrO2. The Kier molecular flexibility index (Phi) is 2.89. The largest absolute Gasteiger partial charge is 0.495 e. The van der Waals surface area contributed by atoms with Crippen LogP contribution in [0.2, 0.25) is 0 Å². The fourth-order valence-electron chi connectivity index (χ4n) is 1.48. The van der Waals surface area contributed by atoms with E-state index >= 15 is 0 Å². The van der Waals surface area contributed by atoms with Gasteiger partial charge in [0.1, 0.15) is 11.9 Å². The van der Waals surface area contributed by atoms with Gasteiger partial charge in [0, 0.05) is 16.5 Å². The highest BCUT2D eigenvalue weighted by atomic mass is 79.9. The average Bonchev–Trinajstić information content (AvgIpc) is 2.70. The molecule has 0 aromatic heterocycles. The van der Waals surface area contributed by atoms with Crippen molar-refractivity contribution in [1.82, 2.24) is 0 Å². The third kappa shape index (κ3) is 1.83. The van der Waals surface area contributed by atoms with Gasteiger partial charge in [0.25, 0.3) is 0 Å². The van der Waals surface area contributed by atoms with Crippen molar-refractivity contribution in [3.8, 4) is 0 Å². The second-order valence-electron chi connectivity index (χ2n) is 3.17. The third-order valence-corrected chi connectivity index (χ3v) is 2.92. The Hall–Kier alpha value is -0.800. The smallest absolute Gasteiger partial charge is 0.137 e. The van der Waals surface area contributed by atoms with E-state index in [0.29, 0.717) is 12.4 Å². The van der Waals surface area contributed by atoms with E-state index in [2.05, 4.69) is 15.9 Å². The minimum Gasteiger partial charge on any atom is -0.495 e. The molecule has 14 heavy (non-hydrogen) atoms. The van der Waals surface area contributed by atoms with E-state index in [1.54, 1.807) is 0 Å². The lowest BCUT2D eigenvalue weighted by molar-refractivity contribution is 0.118. The van der Waals surface area contributed by atoms with Crippen LogP contribution in [-0.4, -0.2) is 11.7 Å². The number of hydrogen-bond acceptors (Lipinski definition) is 2. The maximum Gasteiger partial charge on any atom is 0.137 e. The standard InChI is InChI=1S/C11H11BrO2/c12-9-5-2-1-4-8(9)11(13)10-6-3-7-14-10/h1-2,4-6,11,13H,3,7H2. The normalized spacial score (nSPS) is 17.4. The first-order chi connectivity index (χ1) is 6.79. The second-order valence-corrected chi connectivity index (χ2v) is 4.02. The summed E-state index contributed by atoms with van der Waals surface area (Å²) in [4.78, 5) is 0. The first kappa shape index (κ1) is 9.74. The molecule has 74 valence electrons. The van der Waals surface area contributed by atoms with E-state index < -0.39 is 6.10 Å². The number of benzene rings is 1. The molecule has 1 unspecified atom stereocenters. The molecule has 0 fully saturated rings. The van der Waals surface area contributed by atoms with Crippen LogP contribution in [0.3, 0.4) is 0 Å². The molecule has 0 saturated carbocycles. The molecule has 1 aromatic rings. The van der Waals surface area contributed by atoms with Crippen molar-refractivity contribution in [1.29, 1.82) is 0 Å². The van der Waals surface area contributed by atoms with Gasteiger partial charge >= 0.3 is 0 Å². The van der Waals surface area contributed by atoms with E-state index in [1.165, 1.54) is 0 Å². The summed E-state index contributed by atoms with van der Waals surface area (Å²) in [7, 11) is 0. The summed E-state index contributed by atoms with van der Waals surface area (Å²) >= 11 is 3.40. The number of halogens is 1. The predicted octanol–water partition coefficient (Wildman–Crippen LogP) is 2.79. The molecule has 1 N–H and O–H groups in total. The maximum atomic E-state index is 9.98. The van der Waals surface area contributed by atoms with Crippen LogP contribution in [0.15, 0.2) is 40.6 Å². The summed E-state index contributed by atoms with van der Waals surface area (Å²) in [5.74, 6) is 0.664. The topological polar surface area (TPSA) is 29.5 Å². The van der Waals surface area contributed by atoms with Gasteiger partial charge in [-0.3, -0.25) is 0 Å². The third-order valence-electron chi connectivity index (χ3n) is 2.20. The van der Waals surface area contributed by atoms with Crippen LogP contribution in [0, 0.1) is 0 Å². The fraction of sp³-hybridized carbons (Fsp3) is 0.273. The Morgan fingerprint density at radius 2 is 2.14 bits per heavy atom. The predicted molar refractivity (Wildman–Crippen MR) is 57.8 cm³/mol. The van der Waals surface area contributed by atoms with Gasteiger partial charge in [-0.25, -0.2) is 0 Å². The molecule has 1 atom stereocenters. The van der Waals surface area contributed by atoms with Crippen molar-refractivity contribution in [2.45, 2.75) is 12.5 Å². The molecule has 0 spiro atoms. The molecule has 1 aliphatic heterocycles. The van der Waals surface area contributed by atoms with Crippen LogP contribution in [-0.2, 0) is 4.74 Å². The van der Waals surface area contributed by atoms with Gasteiger partial charge < -0.3 is 9.84 Å². The molecule has 0 aliphatic carbocycles. The summed E-state index contributed by atoms with van der Waals surface area (Å²) in [6.45, 7) is 0.677. The molecule has 0 radical (unpaired) electrons. The molecule has 1 heterocycles. The van der Waals surface area contributed by atoms with Crippen LogP contribution in [0.4, 0.5) is 0 Å². The quantitative estimate of drug-likeness (QED) is 0.880. The van der Waals surface area contributed by atoms with Crippen molar-refractivity contribution in [3.63, 3.8) is 0 Å². The molecule has 0 saturated heterocycles. The van der Waals surface area contributed by atoms with Gasteiger partial charge in [-0.2, -0.15) is 0 Å². The van der Waals surface area contributed by atoms with Crippen LogP contribution >= 0.6 is 15.9 Å². The Morgan fingerprint density at radius 3 is 2.79 bits per heavy atom. The zero-order valence-corrected chi connectivity index (χ0v) is 9.20. The first-order valence-corrected chi connectivity index (χ1v) is 5.33. The van der Waals surface area contributed by atoms with E-state index in [4.69, 9.17) is 4.74 Å². The Bertz CT molecular complexity index is 360. The molecule has 2 nitrogen and oxygen atoms in total. The lowest BCUT2D eigenvalue weighted by Crippen LogP contribution is -2.02. The number of aliphatic hydroxyl groups excluding tert-OH is 1. The SMILES string of the molecule is OC(C1=CCCO1)c1ccccc1Br. The average molecular weight is 255 g/mol. The summed E-state index contributed by atoms with van der Waals surface area (Å²) in [5.41, 5.74) is 0.848. The molecule has 0 bridgehead atoms. The monoisotopic (exact) mass is 254 g/mol. The van der Waals surface area contributed by atoms with E-state index in [-0.39, 0.29) is 0 Å². The highest BCUT2D eigenvalue weighted by Gasteiger charge is 2.19. The highest BCUT2D eigenvalue weighted by molar-refractivity contribution is 9.10. The number of hydrogen-bond donors (Lipinski definition) is 1. The second kappa shape index (κ2) is 4.15. The minimum atomic E-state index is -0.645. The van der Waals surface area contributed by atoms with E-state index in [1.807, 2.05) is 30.3 Å². The van der Waals surface area contributed by atoms with Crippen LogP contribution in [0.1, 0.15) is 18.1 Å². The van der Waals surface area contributed by atoms with Gasteiger partial charge in [0.2, 0.25) is 0 Å². The van der Waals surface area contributed by atoms with E-state index in [9.17, 15) is 5.11 Å². The lowest BCUT2D eigenvalue weighted by Gasteiger charge is -2.13. The summed E-state index contributed by atoms with van der Waals surface area (Å²) in [5, 5.41) is 9.98. The number of rotatable bonds is 2. The molecule has 1 aromatic carbocycles. The zero-order chi connectivity index (χ0) is 9.97. The zero-order valence-electron chi connectivity index (χ0n) is 7.61. The van der Waals surface area contributed by atoms with E-state index in [0.717, 1.165) is 16.5 Å². The Morgan fingerprint density at radius 1 is 1.36 bits per heavy atom. The minimum absolute atomic E-state index is 0.645. The number of aliphatic hydroxyl groups is 1. The Balaban J connectivity index is 2.26. The molecular weight excluding hydrogens is 244 g/mol. The van der Waals surface area contributed by atoms with Gasteiger partial charge in [0.05, 0.1) is 6.61 Å². The van der Waals surface area contributed by atoms with Crippen LogP contribution < -0.4 is 0 Å².